The Morgan fingerprint density at radius 2 is 2.17 bits per heavy atom. The van der Waals surface area contributed by atoms with Crippen LogP contribution in [0.2, 0.25) is 0 Å². The van der Waals surface area contributed by atoms with Gasteiger partial charge in [-0.25, -0.2) is 0 Å². The van der Waals surface area contributed by atoms with Crippen LogP contribution >= 0.6 is 0 Å². The first-order valence-corrected chi connectivity index (χ1v) is 4.59. The van der Waals surface area contributed by atoms with Crippen LogP contribution in [0.25, 0.3) is 0 Å². The van der Waals surface area contributed by atoms with Crippen molar-refractivity contribution < 1.29 is 0 Å². The first-order chi connectivity index (χ1) is 5.51. The number of hydrogen-bond donors (Lipinski definition) is 0. The van der Waals surface area contributed by atoms with E-state index in [1.54, 1.807) is 0 Å². The lowest BCUT2D eigenvalue weighted by Crippen LogP contribution is -2.27. The zero-order chi connectivity index (χ0) is 8.98. The zero-order valence-electron chi connectivity index (χ0n) is 8.15. The van der Waals surface area contributed by atoms with E-state index in [1.165, 1.54) is 5.57 Å². The minimum absolute atomic E-state index is 0.359. The maximum atomic E-state index is 3.76. The number of allylic oxidation sites excluding steroid dienone is 3. The van der Waals surface area contributed by atoms with Gasteiger partial charge in [0.2, 0.25) is 0 Å². The summed E-state index contributed by atoms with van der Waals surface area (Å²) in [5.74, 6) is 0.597. The monoisotopic (exact) mass is 160 g/mol. The molecule has 2 aliphatic carbocycles. The molecule has 2 unspecified atom stereocenters. The van der Waals surface area contributed by atoms with E-state index in [9.17, 15) is 0 Å². The summed E-state index contributed by atoms with van der Waals surface area (Å²) in [6.07, 6.45) is 5.86. The lowest BCUT2D eigenvalue weighted by Gasteiger charge is -2.33. The van der Waals surface area contributed by atoms with Gasteiger partial charge in [-0.2, -0.15) is 0 Å². The normalized spacial score (nSPS) is 41.9. The molecule has 0 aliphatic heterocycles. The highest BCUT2D eigenvalue weighted by Crippen LogP contribution is 2.63. The molecule has 1 saturated carbocycles. The fraction of sp³-hybridized carbons (Fsp3) is 0.583. The molecule has 0 aromatic rings. The topological polar surface area (TPSA) is 0 Å². The first-order valence-electron chi connectivity index (χ1n) is 4.59. The number of fused-ring (bicyclic) bond motifs is 2. The molecule has 0 amide bonds. The van der Waals surface area contributed by atoms with Gasteiger partial charge in [-0.3, -0.25) is 0 Å². The lowest BCUT2D eigenvalue weighted by molar-refractivity contribution is 0.183. The molecule has 0 spiro atoms. The van der Waals surface area contributed by atoms with Gasteiger partial charge in [-0.15, -0.1) is 5.73 Å². The van der Waals surface area contributed by atoms with E-state index in [0.717, 1.165) is 6.42 Å². The minimum Gasteiger partial charge on any atom is -0.129 e. The molecule has 2 bridgehead atoms. The molecule has 0 heteroatoms. The summed E-state index contributed by atoms with van der Waals surface area (Å²) in [5, 5.41) is 0. The molecule has 2 atom stereocenters. The van der Waals surface area contributed by atoms with Crippen molar-refractivity contribution in [3.8, 4) is 0 Å². The van der Waals surface area contributed by atoms with Crippen LogP contribution in [0.1, 0.15) is 27.2 Å². The summed E-state index contributed by atoms with van der Waals surface area (Å²) in [6, 6.07) is 0. The Labute approximate surface area is 74.7 Å². The Kier molecular flexibility index (Phi) is 1.28. The molecule has 0 heterocycles. The second-order valence-electron chi connectivity index (χ2n) is 4.85. The quantitative estimate of drug-likeness (QED) is 0.376. The van der Waals surface area contributed by atoms with Gasteiger partial charge in [0.1, 0.15) is 0 Å². The predicted molar refractivity (Wildman–Crippen MR) is 51.8 cm³/mol. The molecule has 12 heavy (non-hydrogen) atoms. The molecule has 0 nitrogen and oxygen atoms in total. The van der Waals surface area contributed by atoms with Crippen molar-refractivity contribution >= 4 is 0 Å². The van der Waals surface area contributed by atoms with Gasteiger partial charge in [0.15, 0.2) is 0 Å². The van der Waals surface area contributed by atoms with E-state index in [-0.39, 0.29) is 0 Å². The number of rotatable bonds is 0. The van der Waals surface area contributed by atoms with Gasteiger partial charge >= 0.3 is 0 Å². The average Bonchev–Trinajstić information content (AvgIpc) is 2.33. The highest BCUT2D eigenvalue weighted by atomic mass is 14.6. The molecule has 1 fully saturated rings. The smallest absolute Gasteiger partial charge is 0.0113 e. The molecule has 0 radical (unpaired) electrons. The summed E-state index contributed by atoms with van der Waals surface area (Å²) in [7, 11) is 0. The fourth-order valence-electron chi connectivity index (χ4n) is 2.64. The fourth-order valence-corrected chi connectivity index (χ4v) is 2.64. The summed E-state index contributed by atoms with van der Waals surface area (Å²) < 4.78 is 0. The van der Waals surface area contributed by atoms with Crippen LogP contribution in [-0.4, -0.2) is 0 Å². The largest absolute Gasteiger partial charge is 0.129 e. The minimum atomic E-state index is 0.359. The summed E-state index contributed by atoms with van der Waals surface area (Å²) in [4.78, 5) is 0. The van der Waals surface area contributed by atoms with E-state index in [1.807, 2.05) is 0 Å². The molecule has 0 aromatic carbocycles. The van der Waals surface area contributed by atoms with Crippen molar-refractivity contribution in [1.29, 1.82) is 0 Å². The molecule has 2 rings (SSSR count). The van der Waals surface area contributed by atoms with Crippen LogP contribution in [0.15, 0.2) is 30.0 Å². The summed E-state index contributed by atoms with van der Waals surface area (Å²) in [5.41, 5.74) is 5.24. The summed E-state index contributed by atoms with van der Waals surface area (Å²) >= 11 is 0. The first kappa shape index (κ1) is 7.89. The second-order valence-corrected chi connectivity index (χ2v) is 4.85. The maximum absolute atomic E-state index is 3.76. The summed E-state index contributed by atoms with van der Waals surface area (Å²) in [6.45, 7) is 10.8. The van der Waals surface area contributed by atoms with E-state index in [4.69, 9.17) is 0 Å². The Morgan fingerprint density at radius 1 is 1.50 bits per heavy atom. The van der Waals surface area contributed by atoms with Gasteiger partial charge in [-0.1, -0.05) is 39.5 Å². The van der Waals surface area contributed by atoms with Crippen molar-refractivity contribution in [2.75, 3.05) is 0 Å². The van der Waals surface area contributed by atoms with Crippen LogP contribution < -0.4 is 0 Å². The Hall–Kier alpha value is -0.740. The highest BCUT2D eigenvalue weighted by molar-refractivity contribution is 5.36. The van der Waals surface area contributed by atoms with Gasteiger partial charge in [0.25, 0.3) is 0 Å². The van der Waals surface area contributed by atoms with Crippen molar-refractivity contribution in [3.63, 3.8) is 0 Å². The second kappa shape index (κ2) is 1.95. The zero-order valence-corrected chi connectivity index (χ0v) is 8.15. The Balaban J connectivity index is 2.56. The third-order valence-corrected chi connectivity index (χ3v) is 4.07. The SMILES string of the molecule is C=C=C1CC2(C)C=CC1C2(C)C. The van der Waals surface area contributed by atoms with Crippen LogP contribution in [0.3, 0.4) is 0 Å². The Morgan fingerprint density at radius 3 is 2.42 bits per heavy atom. The van der Waals surface area contributed by atoms with Gasteiger partial charge in [0.05, 0.1) is 0 Å². The van der Waals surface area contributed by atoms with E-state index in [0.29, 0.717) is 16.7 Å². The van der Waals surface area contributed by atoms with E-state index >= 15 is 0 Å². The lowest BCUT2D eigenvalue weighted by atomic mass is 9.71. The Bertz CT molecular complexity index is 300. The molecule has 64 valence electrons. The van der Waals surface area contributed by atoms with E-state index in [2.05, 4.69) is 45.2 Å². The van der Waals surface area contributed by atoms with Crippen molar-refractivity contribution in [1.82, 2.24) is 0 Å². The third kappa shape index (κ3) is 0.647. The standard InChI is InChI=1S/C12H16/c1-5-9-8-12(4)7-6-10(9)11(12,2)3/h6-7,10H,1,8H2,2-4H3. The van der Waals surface area contributed by atoms with Crippen LogP contribution in [-0.2, 0) is 0 Å². The average molecular weight is 160 g/mol. The van der Waals surface area contributed by atoms with E-state index < -0.39 is 0 Å². The molecule has 2 aliphatic rings. The molecule has 0 aromatic heterocycles. The maximum Gasteiger partial charge on any atom is 0.0113 e. The highest BCUT2D eigenvalue weighted by Gasteiger charge is 2.55. The van der Waals surface area contributed by atoms with Crippen molar-refractivity contribution in [2.24, 2.45) is 16.7 Å². The number of hydrogen-bond acceptors (Lipinski definition) is 0. The molecular weight excluding hydrogens is 144 g/mol. The van der Waals surface area contributed by atoms with Gasteiger partial charge < -0.3 is 0 Å². The molecule has 0 saturated heterocycles. The molecular formula is C12H16. The van der Waals surface area contributed by atoms with Gasteiger partial charge in [0, 0.05) is 5.92 Å². The molecule has 0 N–H and O–H groups in total. The van der Waals surface area contributed by atoms with Crippen molar-refractivity contribution in [2.45, 2.75) is 27.2 Å². The van der Waals surface area contributed by atoms with Crippen molar-refractivity contribution in [3.05, 3.63) is 30.0 Å². The van der Waals surface area contributed by atoms with Gasteiger partial charge in [-0.05, 0) is 22.8 Å². The van der Waals surface area contributed by atoms with Crippen LogP contribution in [0.4, 0.5) is 0 Å². The predicted octanol–water partition coefficient (Wildman–Crippen LogP) is 3.32. The third-order valence-electron chi connectivity index (χ3n) is 4.07. The van der Waals surface area contributed by atoms with Crippen LogP contribution in [0.5, 0.6) is 0 Å². The van der Waals surface area contributed by atoms with Crippen LogP contribution in [0, 0.1) is 16.7 Å².